The van der Waals surface area contributed by atoms with Crippen molar-refractivity contribution >= 4 is 34.4 Å². The Balaban J connectivity index is 1.29. The summed E-state index contributed by atoms with van der Waals surface area (Å²) in [5.41, 5.74) is 2.75. The second kappa shape index (κ2) is 13.2. The highest BCUT2D eigenvalue weighted by Crippen LogP contribution is 2.34. The molecular formula is C32H41N5O5. The van der Waals surface area contributed by atoms with Gasteiger partial charge in [0.15, 0.2) is 11.5 Å². The minimum absolute atomic E-state index is 0.0418. The van der Waals surface area contributed by atoms with Gasteiger partial charge in [-0.2, -0.15) is 0 Å². The zero-order chi connectivity index (χ0) is 29.6. The summed E-state index contributed by atoms with van der Waals surface area (Å²) < 4.78 is 13.4. The van der Waals surface area contributed by atoms with Gasteiger partial charge in [0.05, 0.1) is 20.3 Å². The molecule has 0 saturated carbocycles. The standard InChI is InChI=1S/C32H41N5O5/c1-4-5-6-19-42-29-20-25(11-12-28(29)41-3)37-15-8-14-36(32(37)40)21-24-9-7-10-27-26(24)13-16-34(27)23-31(39)35-18-17-33(2)30(38)22-35/h7,9-13,16,20H,4-6,8,14-15,17-19,21-23H2,1-3H3. The number of fused-ring (bicyclic) bond motifs is 1. The van der Waals surface area contributed by atoms with Gasteiger partial charge in [-0.25, -0.2) is 4.79 Å². The Kier molecular flexibility index (Phi) is 9.19. The number of aromatic nitrogens is 1. The molecule has 0 aliphatic carbocycles. The molecule has 0 radical (unpaired) electrons. The molecule has 0 bridgehead atoms. The molecule has 0 atom stereocenters. The largest absolute Gasteiger partial charge is 0.493 e. The monoisotopic (exact) mass is 575 g/mol. The van der Waals surface area contributed by atoms with Crippen LogP contribution in [0.15, 0.2) is 48.7 Å². The van der Waals surface area contributed by atoms with E-state index < -0.39 is 0 Å². The van der Waals surface area contributed by atoms with Crippen molar-refractivity contribution in [1.29, 1.82) is 0 Å². The van der Waals surface area contributed by atoms with Crippen LogP contribution in [0.2, 0.25) is 0 Å². The highest BCUT2D eigenvalue weighted by Gasteiger charge is 2.29. The molecule has 0 spiro atoms. The zero-order valence-corrected chi connectivity index (χ0v) is 24.9. The first-order chi connectivity index (χ1) is 20.4. The van der Waals surface area contributed by atoms with Crippen LogP contribution >= 0.6 is 0 Å². The van der Waals surface area contributed by atoms with Crippen molar-refractivity contribution in [3.63, 3.8) is 0 Å². The Hall–Kier alpha value is -4.21. The number of urea groups is 1. The van der Waals surface area contributed by atoms with Gasteiger partial charge in [-0.1, -0.05) is 31.9 Å². The van der Waals surface area contributed by atoms with Gasteiger partial charge in [-0.05, 0) is 42.7 Å². The lowest BCUT2D eigenvalue weighted by Gasteiger charge is -2.36. The minimum Gasteiger partial charge on any atom is -0.493 e. The molecule has 2 aromatic carbocycles. The van der Waals surface area contributed by atoms with E-state index in [9.17, 15) is 14.4 Å². The molecule has 224 valence electrons. The van der Waals surface area contributed by atoms with Crippen molar-refractivity contribution in [3.05, 3.63) is 54.2 Å². The van der Waals surface area contributed by atoms with Crippen LogP contribution in [0, 0.1) is 0 Å². The maximum Gasteiger partial charge on any atom is 0.324 e. The van der Waals surface area contributed by atoms with E-state index in [4.69, 9.17) is 9.47 Å². The molecular weight excluding hydrogens is 534 g/mol. The average molecular weight is 576 g/mol. The van der Waals surface area contributed by atoms with E-state index in [-0.39, 0.29) is 30.9 Å². The molecule has 4 amide bonds. The summed E-state index contributed by atoms with van der Waals surface area (Å²) in [5, 5.41) is 1.01. The van der Waals surface area contributed by atoms with E-state index in [1.807, 2.05) is 63.0 Å². The lowest BCUT2D eigenvalue weighted by atomic mass is 10.1. The SMILES string of the molecule is CCCCCOc1cc(N2CCCN(Cc3cccc4c3ccn4CC(=O)N3CCN(C)C(=O)C3)C2=O)ccc1OC. The fourth-order valence-electron chi connectivity index (χ4n) is 5.63. The Morgan fingerprint density at radius 1 is 0.976 bits per heavy atom. The van der Waals surface area contributed by atoms with E-state index in [0.717, 1.165) is 47.8 Å². The molecule has 2 aliphatic heterocycles. The second-order valence-electron chi connectivity index (χ2n) is 11.0. The number of anilines is 1. The van der Waals surface area contributed by atoms with Crippen LogP contribution in [-0.4, -0.2) is 90.6 Å². The van der Waals surface area contributed by atoms with Gasteiger partial charge in [0.2, 0.25) is 11.8 Å². The van der Waals surface area contributed by atoms with E-state index in [0.29, 0.717) is 50.8 Å². The molecule has 10 nitrogen and oxygen atoms in total. The third-order valence-corrected chi connectivity index (χ3v) is 8.16. The maximum absolute atomic E-state index is 13.7. The Morgan fingerprint density at radius 2 is 1.83 bits per heavy atom. The minimum atomic E-state index is -0.0746. The number of nitrogens with zero attached hydrogens (tertiary/aromatic N) is 5. The van der Waals surface area contributed by atoms with Crippen LogP contribution in [-0.2, 0) is 22.7 Å². The first-order valence-electron chi connectivity index (χ1n) is 14.9. The molecule has 1 aromatic heterocycles. The van der Waals surface area contributed by atoms with Gasteiger partial charge in [-0.15, -0.1) is 0 Å². The quantitative estimate of drug-likeness (QED) is 0.317. The zero-order valence-electron chi connectivity index (χ0n) is 24.9. The number of carbonyl (C=O) groups excluding carboxylic acids is 3. The third-order valence-electron chi connectivity index (χ3n) is 8.16. The molecule has 10 heteroatoms. The molecule has 2 saturated heterocycles. The lowest BCUT2D eigenvalue weighted by Crippen LogP contribution is -2.51. The Labute approximate surface area is 247 Å². The van der Waals surface area contributed by atoms with Crippen LogP contribution in [0.1, 0.15) is 38.2 Å². The summed E-state index contributed by atoms with van der Waals surface area (Å²) in [6.07, 6.45) is 5.95. The van der Waals surface area contributed by atoms with Crippen molar-refractivity contribution in [2.24, 2.45) is 0 Å². The summed E-state index contributed by atoms with van der Waals surface area (Å²) in [6.45, 7) is 5.91. The number of piperazine rings is 1. The van der Waals surface area contributed by atoms with Crippen molar-refractivity contribution in [1.82, 2.24) is 19.3 Å². The van der Waals surface area contributed by atoms with Gasteiger partial charge in [0, 0.05) is 68.6 Å². The van der Waals surface area contributed by atoms with Crippen molar-refractivity contribution in [2.45, 2.75) is 45.7 Å². The summed E-state index contributed by atoms with van der Waals surface area (Å²) in [4.78, 5) is 45.7. The number of likely N-dealkylation sites (N-methyl/N-ethyl adjacent to an activating group) is 1. The van der Waals surface area contributed by atoms with Gasteiger partial charge in [-0.3, -0.25) is 14.5 Å². The highest BCUT2D eigenvalue weighted by atomic mass is 16.5. The number of carbonyl (C=O) groups is 3. The molecule has 0 N–H and O–H groups in total. The van der Waals surface area contributed by atoms with Gasteiger partial charge < -0.3 is 28.7 Å². The van der Waals surface area contributed by atoms with Crippen molar-refractivity contribution < 1.29 is 23.9 Å². The summed E-state index contributed by atoms with van der Waals surface area (Å²) in [7, 11) is 3.38. The lowest BCUT2D eigenvalue weighted by molar-refractivity contribution is -0.144. The van der Waals surface area contributed by atoms with Gasteiger partial charge >= 0.3 is 6.03 Å². The topological polar surface area (TPSA) is 87.6 Å². The first-order valence-corrected chi connectivity index (χ1v) is 14.9. The molecule has 2 fully saturated rings. The highest BCUT2D eigenvalue weighted by molar-refractivity contribution is 5.94. The Morgan fingerprint density at radius 3 is 2.62 bits per heavy atom. The Bertz CT molecular complexity index is 1440. The second-order valence-corrected chi connectivity index (χ2v) is 11.0. The number of unbranched alkanes of at least 4 members (excludes halogenated alkanes) is 2. The number of hydrogen-bond donors (Lipinski definition) is 0. The van der Waals surface area contributed by atoms with Crippen LogP contribution in [0.25, 0.3) is 10.9 Å². The van der Waals surface area contributed by atoms with Gasteiger partial charge in [0.1, 0.15) is 6.54 Å². The fraction of sp³-hybridized carbons (Fsp3) is 0.469. The number of rotatable bonds is 11. The predicted octanol–water partition coefficient (Wildman–Crippen LogP) is 4.35. The van der Waals surface area contributed by atoms with E-state index in [1.54, 1.807) is 24.0 Å². The number of hydrogen-bond acceptors (Lipinski definition) is 5. The van der Waals surface area contributed by atoms with Gasteiger partial charge in [0.25, 0.3) is 0 Å². The van der Waals surface area contributed by atoms with E-state index >= 15 is 0 Å². The molecule has 5 rings (SSSR count). The molecule has 3 aromatic rings. The maximum atomic E-state index is 13.7. The molecule has 42 heavy (non-hydrogen) atoms. The summed E-state index contributed by atoms with van der Waals surface area (Å²) in [5.74, 6) is 1.19. The normalized spacial score (nSPS) is 16.0. The van der Waals surface area contributed by atoms with Crippen LogP contribution < -0.4 is 14.4 Å². The average Bonchev–Trinajstić information content (AvgIpc) is 3.41. The number of benzene rings is 2. The van der Waals surface area contributed by atoms with E-state index in [2.05, 4.69) is 6.92 Å². The predicted molar refractivity (Wildman–Crippen MR) is 162 cm³/mol. The third kappa shape index (κ3) is 6.32. The van der Waals surface area contributed by atoms with Crippen LogP contribution in [0.4, 0.5) is 10.5 Å². The van der Waals surface area contributed by atoms with Crippen molar-refractivity contribution in [3.8, 4) is 11.5 Å². The molecule has 2 aliphatic rings. The van der Waals surface area contributed by atoms with Crippen molar-refractivity contribution in [2.75, 3.05) is 58.4 Å². The number of methoxy groups -OCH3 is 1. The van der Waals surface area contributed by atoms with Crippen LogP contribution in [0.5, 0.6) is 11.5 Å². The number of ether oxygens (including phenoxy) is 2. The number of amides is 4. The fourth-order valence-corrected chi connectivity index (χ4v) is 5.63. The van der Waals surface area contributed by atoms with E-state index in [1.165, 1.54) is 0 Å². The summed E-state index contributed by atoms with van der Waals surface area (Å²) in [6, 6.07) is 13.6. The molecule has 3 heterocycles. The smallest absolute Gasteiger partial charge is 0.324 e. The first kappa shape index (κ1) is 29.3. The van der Waals surface area contributed by atoms with Crippen LogP contribution in [0.3, 0.4) is 0 Å². The molecule has 0 unspecified atom stereocenters. The summed E-state index contributed by atoms with van der Waals surface area (Å²) >= 11 is 0.